The summed E-state index contributed by atoms with van der Waals surface area (Å²) in [6.07, 6.45) is 0. The molecule has 0 bridgehead atoms. The first-order chi connectivity index (χ1) is 12.1. The number of methoxy groups -OCH3 is 3. The van der Waals surface area contributed by atoms with E-state index in [0.29, 0.717) is 17.2 Å². The zero-order valence-electron chi connectivity index (χ0n) is 14.9. The average molecular weight is 344 g/mol. The van der Waals surface area contributed by atoms with Crippen LogP contribution in [0.2, 0.25) is 0 Å². The lowest BCUT2D eigenvalue weighted by Crippen LogP contribution is -2.29. The van der Waals surface area contributed by atoms with E-state index in [0.717, 1.165) is 11.1 Å². The maximum atomic E-state index is 10.4. The number of benzene rings is 2. The summed E-state index contributed by atoms with van der Waals surface area (Å²) in [5.74, 6) is 2.33. The fraction of sp³-hybridized carbons (Fsp3) is 0.368. The SMILES string of the molecule is COc1ccc(C2NNC(C)C2c2ccc(OC)c(OC)c2)c(O)c1. The Morgan fingerprint density at radius 1 is 0.880 bits per heavy atom. The molecule has 6 heteroatoms. The summed E-state index contributed by atoms with van der Waals surface area (Å²) in [4.78, 5) is 0. The van der Waals surface area contributed by atoms with Crippen LogP contribution in [0.4, 0.5) is 0 Å². The Morgan fingerprint density at radius 2 is 1.64 bits per heavy atom. The summed E-state index contributed by atoms with van der Waals surface area (Å²) in [5.41, 5.74) is 8.48. The maximum Gasteiger partial charge on any atom is 0.160 e. The van der Waals surface area contributed by atoms with Gasteiger partial charge in [0.05, 0.1) is 27.4 Å². The summed E-state index contributed by atoms with van der Waals surface area (Å²) in [5, 5.41) is 10.4. The van der Waals surface area contributed by atoms with Crippen molar-refractivity contribution in [2.24, 2.45) is 0 Å². The molecule has 0 spiro atoms. The van der Waals surface area contributed by atoms with E-state index < -0.39 is 0 Å². The monoisotopic (exact) mass is 344 g/mol. The van der Waals surface area contributed by atoms with Crippen molar-refractivity contribution >= 4 is 0 Å². The van der Waals surface area contributed by atoms with Crippen LogP contribution in [0.3, 0.4) is 0 Å². The van der Waals surface area contributed by atoms with Crippen LogP contribution in [0.25, 0.3) is 0 Å². The summed E-state index contributed by atoms with van der Waals surface area (Å²) >= 11 is 0. The molecule has 0 saturated carbocycles. The van der Waals surface area contributed by atoms with Gasteiger partial charge >= 0.3 is 0 Å². The molecule has 0 aliphatic carbocycles. The first-order valence-electron chi connectivity index (χ1n) is 8.19. The van der Waals surface area contributed by atoms with Crippen LogP contribution in [-0.4, -0.2) is 32.5 Å². The van der Waals surface area contributed by atoms with Crippen molar-refractivity contribution in [2.45, 2.75) is 24.9 Å². The van der Waals surface area contributed by atoms with E-state index in [1.807, 2.05) is 30.3 Å². The lowest BCUT2D eigenvalue weighted by molar-refractivity contribution is 0.353. The van der Waals surface area contributed by atoms with Gasteiger partial charge in [-0.25, -0.2) is 5.43 Å². The van der Waals surface area contributed by atoms with Crippen LogP contribution in [0.15, 0.2) is 36.4 Å². The van der Waals surface area contributed by atoms with Gasteiger partial charge in [0.25, 0.3) is 0 Å². The second kappa shape index (κ2) is 7.21. The molecular formula is C19H24N2O4. The van der Waals surface area contributed by atoms with Gasteiger partial charge in [-0.1, -0.05) is 12.1 Å². The summed E-state index contributed by atoms with van der Waals surface area (Å²) in [7, 11) is 4.83. The number of ether oxygens (including phenoxy) is 3. The minimum atomic E-state index is -0.0843. The molecule has 1 aliphatic rings. The molecule has 0 radical (unpaired) electrons. The highest BCUT2D eigenvalue weighted by Gasteiger charge is 2.37. The Kier molecular flexibility index (Phi) is 5.01. The highest BCUT2D eigenvalue weighted by Crippen LogP contribution is 2.43. The number of hydrogen-bond acceptors (Lipinski definition) is 6. The van der Waals surface area contributed by atoms with E-state index in [9.17, 15) is 5.11 Å². The molecule has 25 heavy (non-hydrogen) atoms. The third-order valence-corrected chi connectivity index (χ3v) is 4.73. The van der Waals surface area contributed by atoms with Crippen molar-refractivity contribution < 1.29 is 19.3 Å². The number of rotatable bonds is 5. The normalized spacial score (nSPS) is 22.6. The van der Waals surface area contributed by atoms with E-state index in [-0.39, 0.29) is 23.8 Å². The van der Waals surface area contributed by atoms with Crippen LogP contribution < -0.4 is 25.1 Å². The second-order valence-corrected chi connectivity index (χ2v) is 6.12. The van der Waals surface area contributed by atoms with Crippen LogP contribution >= 0.6 is 0 Å². The van der Waals surface area contributed by atoms with Crippen molar-refractivity contribution in [2.75, 3.05) is 21.3 Å². The molecule has 134 valence electrons. The number of hydrazine groups is 1. The van der Waals surface area contributed by atoms with Gasteiger partial charge in [0, 0.05) is 23.6 Å². The van der Waals surface area contributed by atoms with E-state index >= 15 is 0 Å². The zero-order valence-corrected chi connectivity index (χ0v) is 14.9. The molecule has 1 saturated heterocycles. The predicted octanol–water partition coefficient (Wildman–Crippen LogP) is 2.74. The number of phenols is 1. The van der Waals surface area contributed by atoms with Crippen LogP contribution in [0.5, 0.6) is 23.0 Å². The van der Waals surface area contributed by atoms with Gasteiger partial charge in [-0.3, -0.25) is 5.43 Å². The van der Waals surface area contributed by atoms with Gasteiger partial charge in [0.15, 0.2) is 11.5 Å². The third kappa shape index (κ3) is 3.23. The molecule has 3 atom stereocenters. The van der Waals surface area contributed by atoms with Gasteiger partial charge in [0.2, 0.25) is 0 Å². The first-order valence-corrected chi connectivity index (χ1v) is 8.19. The highest BCUT2D eigenvalue weighted by molar-refractivity contribution is 5.48. The summed E-state index contributed by atoms with van der Waals surface area (Å²) < 4.78 is 15.9. The van der Waals surface area contributed by atoms with E-state index in [1.54, 1.807) is 27.4 Å². The molecule has 3 N–H and O–H groups in total. The van der Waals surface area contributed by atoms with Crippen LogP contribution in [0.1, 0.15) is 30.0 Å². The number of hydrogen-bond donors (Lipinski definition) is 3. The Labute approximate surface area is 147 Å². The maximum absolute atomic E-state index is 10.4. The van der Waals surface area contributed by atoms with Gasteiger partial charge in [0.1, 0.15) is 11.5 Å². The van der Waals surface area contributed by atoms with E-state index in [1.165, 1.54) is 0 Å². The lowest BCUT2D eigenvalue weighted by atomic mass is 9.84. The van der Waals surface area contributed by atoms with E-state index in [4.69, 9.17) is 14.2 Å². The lowest BCUT2D eigenvalue weighted by Gasteiger charge is -2.23. The van der Waals surface area contributed by atoms with Crippen molar-refractivity contribution in [3.8, 4) is 23.0 Å². The quantitative estimate of drug-likeness (QED) is 0.775. The molecule has 1 fully saturated rings. The Balaban J connectivity index is 1.99. The van der Waals surface area contributed by atoms with E-state index in [2.05, 4.69) is 17.8 Å². The minimum absolute atomic E-state index is 0.0843. The second-order valence-electron chi connectivity index (χ2n) is 6.12. The molecule has 2 aromatic rings. The first kappa shape index (κ1) is 17.4. The van der Waals surface area contributed by atoms with Crippen molar-refractivity contribution in [1.82, 2.24) is 10.9 Å². The Bertz CT molecular complexity index is 750. The summed E-state index contributed by atoms with van der Waals surface area (Å²) in [6.45, 7) is 2.11. The molecule has 0 aromatic heterocycles. The van der Waals surface area contributed by atoms with Crippen molar-refractivity contribution in [1.29, 1.82) is 0 Å². The molecule has 6 nitrogen and oxygen atoms in total. The Morgan fingerprint density at radius 3 is 2.28 bits per heavy atom. The highest BCUT2D eigenvalue weighted by atomic mass is 16.5. The number of phenolic OH excluding ortho intramolecular Hbond substituents is 1. The fourth-order valence-electron chi connectivity index (χ4n) is 3.42. The van der Waals surface area contributed by atoms with Crippen LogP contribution in [0, 0.1) is 0 Å². The average Bonchev–Trinajstić information content (AvgIpc) is 3.02. The molecule has 3 rings (SSSR count). The molecule has 3 unspecified atom stereocenters. The minimum Gasteiger partial charge on any atom is -0.507 e. The fourth-order valence-corrected chi connectivity index (χ4v) is 3.42. The Hall–Kier alpha value is -2.44. The predicted molar refractivity (Wildman–Crippen MR) is 95.4 cm³/mol. The standard InChI is InChI=1S/C19H24N2O4/c1-11-18(12-5-8-16(24-3)17(9-12)25-4)19(21-20-11)14-7-6-13(23-2)10-15(14)22/h5-11,18-22H,1-4H3. The smallest absolute Gasteiger partial charge is 0.160 e. The molecule has 2 aromatic carbocycles. The largest absolute Gasteiger partial charge is 0.507 e. The number of aromatic hydroxyl groups is 1. The summed E-state index contributed by atoms with van der Waals surface area (Å²) in [6, 6.07) is 11.4. The van der Waals surface area contributed by atoms with Gasteiger partial charge in [-0.15, -0.1) is 0 Å². The molecular weight excluding hydrogens is 320 g/mol. The zero-order chi connectivity index (χ0) is 18.0. The van der Waals surface area contributed by atoms with Gasteiger partial charge < -0.3 is 19.3 Å². The van der Waals surface area contributed by atoms with Crippen molar-refractivity contribution in [3.05, 3.63) is 47.5 Å². The van der Waals surface area contributed by atoms with Gasteiger partial charge in [-0.2, -0.15) is 0 Å². The topological polar surface area (TPSA) is 72.0 Å². The molecule has 1 heterocycles. The number of nitrogens with one attached hydrogen (secondary N) is 2. The third-order valence-electron chi connectivity index (χ3n) is 4.73. The van der Waals surface area contributed by atoms with Crippen LogP contribution in [-0.2, 0) is 0 Å². The molecule has 0 amide bonds. The van der Waals surface area contributed by atoms with Crippen molar-refractivity contribution in [3.63, 3.8) is 0 Å². The van der Waals surface area contributed by atoms with Gasteiger partial charge in [-0.05, 0) is 30.7 Å². The molecule has 1 aliphatic heterocycles.